The lowest BCUT2D eigenvalue weighted by atomic mass is 9.95. The van der Waals surface area contributed by atoms with Crippen LogP contribution in [-0.4, -0.2) is 67.0 Å². The second-order valence-electron chi connectivity index (χ2n) is 7.95. The van der Waals surface area contributed by atoms with E-state index in [4.69, 9.17) is 10.7 Å². The number of piperidine rings is 2. The highest BCUT2D eigenvalue weighted by Gasteiger charge is 2.23. The average molecular weight is 493 g/mol. The normalized spacial score (nSPS) is 24.4. The zero-order valence-corrected chi connectivity index (χ0v) is 19.6. The molecule has 27 heavy (non-hydrogen) atoms. The van der Waals surface area contributed by atoms with Crippen LogP contribution < -0.4 is 11.1 Å². The van der Waals surface area contributed by atoms with Gasteiger partial charge in [0.2, 0.25) is 5.91 Å². The van der Waals surface area contributed by atoms with Gasteiger partial charge in [0.15, 0.2) is 5.96 Å². The van der Waals surface area contributed by atoms with Gasteiger partial charge < -0.3 is 20.9 Å². The summed E-state index contributed by atoms with van der Waals surface area (Å²) in [6.07, 6.45) is 9.14. The Labute approximate surface area is 182 Å². The van der Waals surface area contributed by atoms with E-state index in [1.807, 2.05) is 0 Å². The lowest BCUT2D eigenvalue weighted by molar-refractivity contribution is -0.119. The van der Waals surface area contributed by atoms with Crippen LogP contribution in [0.15, 0.2) is 4.99 Å². The van der Waals surface area contributed by atoms with Gasteiger partial charge in [-0.05, 0) is 71.4 Å². The SMILES string of the molecule is CCNC(=NCCCCN1CCCCC1C)N1CCCC(CC(N)=O)C1.I. The Balaban J connectivity index is 0.00000364. The zero-order valence-electron chi connectivity index (χ0n) is 17.3. The highest BCUT2D eigenvalue weighted by molar-refractivity contribution is 14.0. The summed E-state index contributed by atoms with van der Waals surface area (Å²) >= 11 is 0. The van der Waals surface area contributed by atoms with Crippen LogP contribution in [0.25, 0.3) is 0 Å². The Hall–Kier alpha value is -0.570. The standard InChI is InChI=1S/C20H39N5O.HI/c1-3-22-20(25-14-8-10-18(16-25)15-19(21)26)23-11-5-7-13-24-12-6-4-9-17(24)2;/h17-18H,3-16H2,1-2H3,(H2,21,26)(H,22,23);1H. The van der Waals surface area contributed by atoms with Crippen LogP contribution in [0.2, 0.25) is 0 Å². The van der Waals surface area contributed by atoms with E-state index in [2.05, 4.69) is 29.0 Å². The van der Waals surface area contributed by atoms with Gasteiger partial charge in [0.05, 0.1) is 0 Å². The van der Waals surface area contributed by atoms with Gasteiger partial charge in [-0.25, -0.2) is 0 Å². The third-order valence-corrected chi connectivity index (χ3v) is 5.70. The Kier molecular flexibility index (Phi) is 12.3. The summed E-state index contributed by atoms with van der Waals surface area (Å²) in [7, 11) is 0. The van der Waals surface area contributed by atoms with E-state index >= 15 is 0 Å². The lowest BCUT2D eigenvalue weighted by Crippen LogP contribution is -2.47. The molecule has 2 heterocycles. The van der Waals surface area contributed by atoms with Crippen LogP contribution in [0, 0.1) is 5.92 Å². The fraction of sp³-hybridized carbons (Fsp3) is 0.900. The van der Waals surface area contributed by atoms with Crippen LogP contribution in [0.1, 0.15) is 65.2 Å². The van der Waals surface area contributed by atoms with Crippen molar-refractivity contribution in [3.05, 3.63) is 0 Å². The smallest absolute Gasteiger partial charge is 0.217 e. The summed E-state index contributed by atoms with van der Waals surface area (Å²) in [4.78, 5) is 21.0. The van der Waals surface area contributed by atoms with Crippen molar-refractivity contribution in [2.45, 2.75) is 71.3 Å². The molecule has 2 aliphatic rings. The molecule has 2 aliphatic heterocycles. The zero-order chi connectivity index (χ0) is 18.8. The minimum atomic E-state index is -0.189. The number of unbranched alkanes of at least 4 members (excludes halogenated alkanes) is 1. The Morgan fingerprint density at radius 1 is 1.19 bits per heavy atom. The number of amides is 1. The Bertz CT molecular complexity index is 460. The molecular formula is C20H40IN5O. The monoisotopic (exact) mass is 493 g/mol. The molecule has 0 aromatic carbocycles. The molecular weight excluding hydrogens is 453 g/mol. The van der Waals surface area contributed by atoms with Crippen LogP contribution in [-0.2, 0) is 4.79 Å². The summed E-state index contributed by atoms with van der Waals surface area (Å²) in [5.41, 5.74) is 5.38. The number of primary amides is 1. The van der Waals surface area contributed by atoms with Crippen LogP contribution in [0.3, 0.4) is 0 Å². The number of halogens is 1. The first-order valence-corrected chi connectivity index (χ1v) is 10.7. The van der Waals surface area contributed by atoms with Crippen molar-refractivity contribution >= 4 is 35.8 Å². The summed E-state index contributed by atoms with van der Waals surface area (Å²) in [6, 6.07) is 0.750. The fourth-order valence-corrected chi connectivity index (χ4v) is 4.24. The molecule has 7 heteroatoms. The van der Waals surface area contributed by atoms with Crippen molar-refractivity contribution < 1.29 is 4.79 Å². The maximum atomic E-state index is 11.2. The number of hydrogen-bond acceptors (Lipinski definition) is 3. The molecule has 158 valence electrons. The van der Waals surface area contributed by atoms with Crippen LogP contribution in [0.4, 0.5) is 0 Å². The van der Waals surface area contributed by atoms with Crippen molar-refractivity contribution in [2.75, 3.05) is 39.3 Å². The van der Waals surface area contributed by atoms with Crippen LogP contribution >= 0.6 is 24.0 Å². The Morgan fingerprint density at radius 3 is 2.70 bits per heavy atom. The third kappa shape index (κ3) is 8.98. The molecule has 0 aliphatic carbocycles. The molecule has 1 amide bonds. The molecule has 0 spiro atoms. The molecule has 2 rings (SSSR count). The molecule has 0 aromatic heterocycles. The van der Waals surface area contributed by atoms with E-state index in [9.17, 15) is 4.79 Å². The molecule has 2 atom stereocenters. The average Bonchev–Trinajstić information content (AvgIpc) is 2.61. The van der Waals surface area contributed by atoms with Gasteiger partial charge in [-0.3, -0.25) is 9.79 Å². The molecule has 3 N–H and O–H groups in total. The van der Waals surface area contributed by atoms with Gasteiger partial charge in [-0.2, -0.15) is 0 Å². The van der Waals surface area contributed by atoms with E-state index in [1.54, 1.807) is 0 Å². The van der Waals surface area contributed by atoms with Crippen molar-refractivity contribution in [2.24, 2.45) is 16.6 Å². The van der Waals surface area contributed by atoms with Gasteiger partial charge in [-0.15, -0.1) is 24.0 Å². The molecule has 0 bridgehead atoms. The maximum absolute atomic E-state index is 11.2. The van der Waals surface area contributed by atoms with Gasteiger partial charge >= 0.3 is 0 Å². The molecule has 2 fully saturated rings. The van der Waals surface area contributed by atoms with E-state index in [1.165, 1.54) is 38.8 Å². The van der Waals surface area contributed by atoms with Gasteiger partial charge in [0.1, 0.15) is 0 Å². The topological polar surface area (TPSA) is 74.0 Å². The van der Waals surface area contributed by atoms with Gasteiger partial charge in [0.25, 0.3) is 0 Å². The lowest BCUT2D eigenvalue weighted by Gasteiger charge is -2.34. The van der Waals surface area contributed by atoms with Crippen molar-refractivity contribution in [3.63, 3.8) is 0 Å². The van der Waals surface area contributed by atoms with E-state index in [-0.39, 0.29) is 29.9 Å². The largest absolute Gasteiger partial charge is 0.370 e. The molecule has 2 saturated heterocycles. The first-order valence-electron chi connectivity index (χ1n) is 10.7. The molecule has 0 saturated carbocycles. The number of nitrogens with zero attached hydrogens (tertiary/aromatic N) is 3. The number of likely N-dealkylation sites (tertiary alicyclic amines) is 2. The highest BCUT2D eigenvalue weighted by atomic mass is 127. The molecule has 0 radical (unpaired) electrons. The minimum absolute atomic E-state index is 0. The second kappa shape index (κ2) is 13.6. The molecule has 0 aromatic rings. The number of nitrogens with two attached hydrogens (primary N) is 1. The van der Waals surface area contributed by atoms with Gasteiger partial charge in [-0.1, -0.05) is 6.42 Å². The number of hydrogen-bond donors (Lipinski definition) is 2. The van der Waals surface area contributed by atoms with Crippen molar-refractivity contribution in [1.29, 1.82) is 0 Å². The van der Waals surface area contributed by atoms with Gasteiger partial charge in [0, 0.05) is 38.6 Å². The highest BCUT2D eigenvalue weighted by Crippen LogP contribution is 2.19. The molecule has 2 unspecified atom stereocenters. The maximum Gasteiger partial charge on any atom is 0.217 e. The first-order chi connectivity index (χ1) is 12.6. The second-order valence-corrected chi connectivity index (χ2v) is 7.95. The number of rotatable bonds is 8. The van der Waals surface area contributed by atoms with E-state index in [0.717, 1.165) is 57.4 Å². The summed E-state index contributed by atoms with van der Waals surface area (Å²) in [5.74, 6) is 1.18. The van der Waals surface area contributed by atoms with E-state index in [0.29, 0.717) is 12.3 Å². The third-order valence-electron chi connectivity index (χ3n) is 5.70. The number of carbonyl (C=O) groups is 1. The number of carbonyl (C=O) groups excluding carboxylic acids is 1. The van der Waals surface area contributed by atoms with Crippen molar-refractivity contribution in [1.82, 2.24) is 15.1 Å². The summed E-state index contributed by atoms with van der Waals surface area (Å²) in [5, 5.41) is 3.42. The number of aliphatic imine (C=N–C) groups is 1. The predicted molar refractivity (Wildman–Crippen MR) is 124 cm³/mol. The van der Waals surface area contributed by atoms with Crippen molar-refractivity contribution in [3.8, 4) is 0 Å². The quantitative estimate of drug-likeness (QED) is 0.236. The minimum Gasteiger partial charge on any atom is -0.370 e. The molecule has 6 nitrogen and oxygen atoms in total. The number of guanidine groups is 1. The first kappa shape index (κ1) is 24.5. The summed E-state index contributed by atoms with van der Waals surface area (Å²) in [6.45, 7) is 10.6. The van der Waals surface area contributed by atoms with Crippen LogP contribution in [0.5, 0.6) is 0 Å². The fourth-order valence-electron chi connectivity index (χ4n) is 4.24. The number of nitrogens with one attached hydrogen (secondary N) is 1. The summed E-state index contributed by atoms with van der Waals surface area (Å²) < 4.78 is 0. The van der Waals surface area contributed by atoms with E-state index < -0.39 is 0 Å². The Morgan fingerprint density at radius 2 is 2.00 bits per heavy atom. The predicted octanol–water partition coefficient (Wildman–Crippen LogP) is 2.81.